The first-order valence-electron chi connectivity index (χ1n) is 3.49. The van der Waals surface area contributed by atoms with Crippen LogP contribution >= 0.6 is 0 Å². The molecule has 0 bridgehead atoms. The molecule has 3 N–H and O–H groups in total. The van der Waals surface area contributed by atoms with Crippen molar-refractivity contribution in [3.8, 4) is 6.07 Å². The number of aliphatic carboxylic acids is 1. The maximum absolute atomic E-state index is 10.6. The van der Waals surface area contributed by atoms with Gasteiger partial charge in [-0.15, -0.1) is 0 Å². The maximum Gasteiger partial charge on any atom is 0.327 e. The van der Waals surface area contributed by atoms with Crippen LogP contribution < -0.4 is 5.73 Å². The number of nitriles is 1. The van der Waals surface area contributed by atoms with Gasteiger partial charge in [0.2, 0.25) is 0 Å². The fourth-order valence-corrected chi connectivity index (χ4v) is 0.904. The zero-order valence-electron chi connectivity index (χ0n) is 6.64. The van der Waals surface area contributed by atoms with Crippen molar-refractivity contribution >= 4 is 11.7 Å². The highest BCUT2D eigenvalue weighted by Gasteiger charge is 2.22. The summed E-state index contributed by atoms with van der Waals surface area (Å²) >= 11 is 0. The lowest BCUT2D eigenvalue weighted by atomic mass is 10.1. The van der Waals surface area contributed by atoms with Crippen molar-refractivity contribution < 1.29 is 9.90 Å². The van der Waals surface area contributed by atoms with Crippen LogP contribution in [0.1, 0.15) is 11.6 Å². The van der Waals surface area contributed by atoms with E-state index in [2.05, 4.69) is 4.98 Å². The molecule has 0 amide bonds. The van der Waals surface area contributed by atoms with Gasteiger partial charge in [-0.25, -0.2) is 0 Å². The van der Waals surface area contributed by atoms with E-state index in [-0.39, 0.29) is 11.4 Å². The van der Waals surface area contributed by atoms with E-state index in [4.69, 9.17) is 16.1 Å². The number of rotatable bonds is 2. The largest absolute Gasteiger partial charge is 0.480 e. The Morgan fingerprint density at radius 2 is 2.46 bits per heavy atom. The first-order chi connectivity index (χ1) is 6.16. The number of nitrogens with two attached hydrogens (primary N) is 1. The highest BCUT2D eigenvalue weighted by Crippen LogP contribution is 2.18. The molecule has 1 aromatic heterocycles. The van der Waals surface area contributed by atoms with Crippen LogP contribution in [0.5, 0.6) is 0 Å². The average molecular weight is 177 g/mol. The zero-order valence-corrected chi connectivity index (χ0v) is 6.64. The summed E-state index contributed by atoms with van der Waals surface area (Å²) in [6, 6.07) is 4.70. The Balaban J connectivity index is 3.14. The van der Waals surface area contributed by atoms with Crippen molar-refractivity contribution in [1.29, 1.82) is 5.26 Å². The number of carboxylic acid groups (broad SMARTS) is 1. The van der Waals surface area contributed by atoms with Gasteiger partial charge in [-0.3, -0.25) is 9.78 Å². The van der Waals surface area contributed by atoms with Gasteiger partial charge < -0.3 is 10.8 Å². The number of carbonyl (C=O) groups is 1. The molecular formula is C8H7N3O2. The van der Waals surface area contributed by atoms with Gasteiger partial charge in [0.15, 0.2) is 5.92 Å². The van der Waals surface area contributed by atoms with Gasteiger partial charge in [0.1, 0.15) is 0 Å². The Bertz CT molecular complexity index is 370. The number of hydrogen-bond acceptors (Lipinski definition) is 4. The Hall–Kier alpha value is -2.09. The second-order valence-electron chi connectivity index (χ2n) is 2.38. The summed E-state index contributed by atoms with van der Waals surface area (Å²) in [6.07, 6.45) is 1.40. The average Bonchev–Trinajstić information content (AvgIpc) is 2.09. The molecule has 0 aliphatic heterocycles. The summed E-state index contributed by atoms with van der Waals surface area (Å²) in [4.78, 5) is 14.3. The molecule has 5 heteroatoms. The molecule has 66 valence electrons. The molecule has 0 saturated carbocycles. The molecule has 0 fully saturated rings. The van der Waals surface area contributed by atoms with Gasteiger partial charge in [-0.1, -0.05) is 0 Å². The SMILES string of the molecule is N#CC(C(=O)O)c1ncccc1N. The Labute approximate surface area is 74.4 Å². The summed E-state index contributed by atoms with van der Waals surface area (Å²) < 4.78 is 0. The first kappa shape index (κ1) is 9.00. The van der Waals surface area contributed by atoms with Crippen LogP contribution in [-0.2, 0) is 4.79 Å². The molecule has 0 aliphatic carbocycles. The third kappa shape index (κ3) is 1.73. The van der Waals surface area contributed by atoms with Crippen molar-refractivity contribution in [3.63, 3.8) is 0 Å². The first-order valence-corrected chi connectivity index (χ1v) is 3.49. The molecule has 1 heterocycles. The minimum absolute atomic E-state index is 0.0949. The van der Waals surface area contributed by atoms with E-state index in [0.29, 0.717) is 0 Å². The van der Waals surface area contributed by atoms with E-state index in [0.717, 1.165) is 0 Å². The van der Waals surface area contributed by atoms with Gasteiger partial charge in [0.05, 0.1) is 17.5 Å². The highest BCUT2D eigenvalue weighted by molar-refractivity contribution is 5.80. The van der Waals surface area contributed by atoms with Crippen LogP contribution in [0.4, 0.5) is 5.69 Å². The van der Waals surface area contributed by atoms with Gasteiger partial charge in [-0.2, -0.15) is 5.26 Å². The smallest absolute Gasteiger partial charge is 0.327 e. The molecule has 0 radical (unpaired) electrons. The van der Waals surface area contributed by atoms with Crippen LogP contribution in [0, 0.1) is 11.3 Å². The highest BCUT2D eigenvalue weighted by atomic mass is 16.4. The zero-order chi connectivity index (χ0) is 9.84. The van der Waals surface area contributed by atoms with E-state index < -0.39 is 11.9 Å². The summed E-state index contributed by atoms with van der Waals surface area (Å²) in [5.41, 5.74) is 5.77. The molecule has 1 aromatic rings. The summed E-state index contributed by atoms with van der Waals surface area (Å²) in [7, 11) is 0. The maximum atomic E-state index is 10.6. The van der Waals surface area contributed by atoms with E-state index in [1.165, 1.54) is 12.3 Å². The van der Waals surface area contributed by atoms with Crippen molar-refractivity contribution in [2.45, 2.75) is 5.92 Å². The molecule has 13 heavy (non-hydrogen) atoms. The van der Waals surface area contributed by atoms with Crippen molar-refractivity contribution in [2.24, 2.45) is 0 Å². The van der Waals surface area contributed by atoms with Crippen LogP contribution in [0.2, 0.25) is 0 Å². The number of pyridine rings is 1. The molecule has 0 aromatic carbocycles. The van der Waals surface area contributed by atoms with E-state index in [9.17, 15) is 4.79 Å². The molecule has 0 aliphatic rings. The molecule has 1 atom stereocenters. The normalized spacial score (nSPS) is 11.6. The van der Waals surface area contributed by atoms with Crippen LogP contribution in [-0.4, -0.2) is 16.1 Å². The van der Waals surface area contributed by atoms with Gasteiger partial charge in [0, 0.05) is 6.20 Å². The van der Waals surface area contributed by atoms with Crippen LogP contribution in [0.15, 0.2) is 18.3 Å². The number of nitrogen functional groups attached to an aromatic ring is 1. The van der Waals surface area contributed by atoms with Crippen LogP contribution in [0.25, 0.3) is 0 Å². The summed E-state index contributed by atoms with van der Waals surface area (Å²) in [5, 5.41) is 17.2. The summed E-state index contributed by atoms with van der Waals surface area (Å²) in [6.45, 7) is 0. The monoisotopic (exact) mass is 177 g/mol. The molecule has 1 unspecified atom stereocenters. The van der Waals surface area contributed by atoms with Crippen molar-refractivity contribution in [3.05, 3.63) is 24.0 Å². The predicted molar refractivity (Wildman–Crippen MR) is 44.6 cm³/mol. The summed E-state index contributed by atoms with van der Waals surface area (Å²) in [5.74, 6) is -2.53. The lowest BCUT2D eigenvalue weighted by molar-refractivity contribution is -0.137. The quantitative estimate of drug-likeness (QED) is 0.679. The fraction of sp³-hybridized carbons (Fsp3) is 0.125. The van der Waals surface area contributed by atoms with E-state index in [1.54, 1.807) is 12.1 Å². The lowest BCUT2D eigenvalue weighted by Crippen LogP contribution is -2.13. The third-order valence-electron chi connectivity index (χ3n) is 1.52. The standard InChI is InChI=1S/C8H7N3O2/c9-4-5(8(12)13)7-6(10)2-1-3-11-7/h1-3,5H,10H2,(H,12,13). The third-order valence-corrected chi connectivity index (χ3v) is 1.52. The molecule has 1 rings (SSSR count). The topological polar surface area (TPSA) is 100 Å². The number of nitrogens with zero attached hydrogens (tertiary/aromatic N) is 2. The van der Waals surface area contributed by atoms with Crippen molar-refractivity contribution in [2.75, 3.05) is 5.73 Å². The second kappa shape index (κ2) is 3.54. The van der Waals surface area contributed by atoms with Crippen LogP contribution in [0.3, 0.4) is 0 Å². The fourth-order valence-electron chi connectivity index (χ4n) is 0.904. The van der Waals surface area contributed by atoms with Gasteiger partial charge in [-0.05, 0) is 12.1 Å². The van der Waals surface area contributed by atoms with E-state index in [1.807, 2.05) is 0 Å². The van der Waals surface area contributed by atoms with Gasteiger partial charge >= 0.3 is 5.97 Å². The molecule has 0 saturated heterocycles. The number of hydrogen-bond donors (Lipinski definition) is 2. The molecule has 0 spiro atoms. The Morgan fingerprint density at radius 1 is 1.77 bits per heavy atom. The number of anilines is 1. The molecular weight excluding hydrogens is 170 g/mol. The Morgan fingerprint density at radius 3 is 2.92 bits per heavy atom. The Kier molecular flexibility index (Phi) is 2.45. The predicted octanol–water partition coefficient (Wildman–Crippen LogP) is 0.356. The van der Waals surface area contributed by atoms with Gasteiger partial charge in [0.25, 0.3) is 0 Å². The number of carboxylic acids is 1. The van der Waals surface area contributed by atoms with E-state index >= 15 is 0 Å². The lowest BCUT2D eigenvalue weighted by Gasteiger charge is -2.04. The second-order valence-corrected chi connectivity index (χ2v) is 2.38. The number of aromatic nitrogens is 1. The minimum Gasteiger partial charge on any atom is -0.480 e. The molecule has 5 nitrogen and oxygen atoms in total. The van der Waals surface area contributed by atoms with Crippen molar-refractivity contribution in [1.82, 2.24) is 4.98 Å². The minimum atomic E-state index is -1.29.